The van der Waals surface area contributed by atoms with Crippen molar-refractivity contribution in [3.8, 4) is 11.6 Å². The van der Waals surface area contributed by atoms with E-state index in [1.807, 2.05) is 30.3 Å². The lowest BCUT2D eigenvalue weighted by molar-refractivity contribution is 0.458. The number of nitrogens with zero attached hydrogens (tertiary/aromatic N) is 1. The van der Waals surface area contributed by atoms with E-state index in [4.69, 9.17) is 16.3 Å². The van der Waals surface area contributed by atoms with Gasteiger partial charge in [0.05, 0.1) is 10.7 Å². The normalized spacial score (nSPS) is 10.8. The summed E-state index contributed by atoms with van der Waals surface area (Å²) in [6.07, 6.45) is 0. The Kier molecular flexibility index (Phi) is 5.40. The number of benzene rings is 1. The van der Waals surface area contributed by atoms with E-state index in [-0.39, 0.29) is 0 Å². The van der Waals surface area contributed by atoms with Crippen LogP contribution in [-0.4, -0.2) is 11.0 Å². The fourth-order valence-electron chi connectivity index (χ4n) is 1.59. The van der Waals surface area contributed by atoms with Gasteiger partial charge in [-0.15, -0.1) is 0 Å². The number of pyridine rings is 1. The summed E-state index contributed by atoms with van der Waals surface area (Å²) in [5.41, 5.74) is 0.935. The number of hydrogen-bond acceptors (Lipinski definition) is 3. The largest absolute Gasteiger partial charge is 0.437 e. The Morgan fingerprint density at radius 1 is 1.30 bits per heavy atom. The number of ether oxygens (including phenoxy) is 1. The van der Waals surface area contributed by atoms with Crippen LogP contribution in [0.25, 0.3) is 0 Å². The summed E-state index contributed by atoms with van der Waals surface area (Å²) in [5.74, 6) is 1.13. The zero-order chi connectivity index (χ0) is 14.5. The second-order valence-corrected chi connectivity index (χ2v) is 6.00. The Morgan fingerprint density at radius 3 is 2.80 bits per heavy atom. The highest BCUT2D eigenvalue weighted by Crippen LogP contribution is 2.30. The monoisotopic (exact) mass is 354 g/mol. The maximum Gasteiger partial charge on any atom is 0.219 e. The molecule has 0 saturated carbocycles. The first-order valence-corrected chi connectivity index (χ1v) is 7.54. The van der Waals surface area contributed by atoms with Gasteiger partial charge in [-0.2, -0.15) is 0 Å². The minimum Gasteiger partial charge on any atom is -0.437 e. The molecule has 0 saturated heterocycles. The van der Waals surface area contributed by atoms with Crippen molar-refractivity contribution < 1.29 is 4.74 Å². The molecular weight excluding hydrogens is 340 g/mol. The number of halogens is 2. The van der Waals surface area contributed by atoms with E-state index in [0.717, 1.165) is 10.2 Å². The van der Waals surface area contributed by atoms with Gasteiger partial charge in [-0.3, -0.25) is 0 Å². The summed E-state index contributed by atoms with van der Waals surface area (Å²) in [6, 6.07) is 11.6. The highest BCUT2D eigenvalue weighted by Gasteiger charge is 2.06. The molecule has 0 bridgehead atoms. The van der Waals surface area contributed by atoms with Gasteiger partial charge in [-0.25, -0.2) is 4.98 Å². The molecule has 0 fully saturated rings. The molecule has 0 spiro atoms. The van der Waals surface area contributed by atoms with E-state index in [1.54, 1.807) is 6.07 Å². The summed E-state index contributed by atoms with van der Waals surface area (Å²) in [6.45, 7) is 4.91. The van der Waals surface area contributed by atoms with Crippen molar-refractivity contribution in [2.24, 2.45) is 0 Å². The SMILES string of the molecule is CC(C)NCc1cccc(Oc2ccc(Br)cc2Cl)n1. The maximum atomic E-state index is 6.13. The quantitative estimate of drug-likeness (QED) is 0.837. The van der Waals surface area contributed by atoms with Crippen molar-refractivity contribution in [1.82, 2.24) is 10.3 Å². The van der Waals surface area contributed by atoms with Crippen molar-refractivity contribution in [3.63, 3.8) is 0 Å². The Balaban J connectivity index is 2.11. The molecule has 2 rings (SSSR count). The van der Waals surface area contributed by atoms with Gasteiger partial charge in [-0.1, -0.05) is 47.4 Å². The lowest BCUT2D eigenvalue weighted by atomic mass is 10.3. The third-order valence-electron chi connectivity index (χ3n) is 2.58. The average Bonchev–Trinajstić information content (AvgIpc) is 2.40. The van der Waals surface area contributed by atoms with E-state index >= 15 is 0 Å². The minimum atomic E-state index is 0.419. The third-order valence-corrected chi connectivity index (χ3v) is 3.37. The molecule has 0 amide bonds. The van der Waals surface area contributed by atoms with Gasteiger partial charge in [0, 0.05) is 23.1 Å². The van der Waals surface area contributed by atoms with Crippen LogP contribution in [0.1, 0.15) is 19.5 Å². The van der Waals surface area contributed by atoms with Crippen LogP contribution in [0, 0.1) is 0 Å². The molecule has 0 radical (unpaired) electrons. The van der Waals surface area contributed by atoms with Crippen molar-refractivity contribution in [2.45, 2.75) is 26.4 Å². The van der Waals surface area contributed by atoms with Crippen LogP contribution >= 0.6 is 27.5 Å². The van der Waals surface area contributed by atoms with Crippen molar-refractivity contribution >= 4 is 27.5 Å². The second kappa shape index (κ2) is 7.07. The highest BCUT2D eigenvalue weighted by atomic mass is 79.9. The molecule has 20 heavy (non-hydrogen) atoms. The van der Waals surface area contributed by atoms with Crippen LogP contribution in [0.15, 0.2) is 40.9 Å². The van der Waals surface area contributed by atoms with Gasteiger partial charge in [0.1, 0.15) is 5.75 Å². The number of nitrogens with one attached hydrogen (secondary N) is 1. The van der Waals surface area contributed by atoms with Crippen molar-refractivity contribution in [3.05, 3.63) is 51.6 Å². The zero-order valence-electron chi connectivity index (χ0n) is 11.4. The Hall–Kier alpha value is -1.10. The van der Waals surface area contributed by atoms with E-state index in [1.165, 1.54) is 0 Å². The molecule has 1 aromatic heterocycles. The lowest BCUT2D eigenvalue weighted by Gasteiger charge is -2.10. The van der Waals surface area contributed by atoms with Gasteiger partial charge >= 0.3 is 0 Å². The molecule has 0 unspecified atom stereocenters. The summed E-state index contributed by atoms with van der Waals surface area (Å²) in [5, 5.41) is 3.87. The molecule has 5 heteroatoms. The first kappa shape index (κ1) is 15.3. The summed E-state index contributed by atoms with van der Waals surface area (Å²) < 4.78 is 6.63. The van der Waals surface area contributed by atoms with Crippen molar-refractivity contribution in [2.75, 3.05) is 0 Å². The smallest absolute Gasteiger partial charge is 0.219 e. The second-order valence-electron chi connectivity index (χ2n) is 4.68. The predicted molar refractivity (Wildman–Crippen MR) is 85.4 cm³/mol. The van der Waals surface area contributed by atoms with Crippen LogP contribution < -0.4 is 10.1 Å². The first-order valence-electron chi connectivity index (χ1n) is 6.37. The fraction of sp³-hybridized carbons (Fsp3) is 0.267. The predicted octanol–water partition coefficient (Wildman–Crippen LogP) is 4.79. The van der Waals surface area contributed by atoms with Crippen LogP contribution in [0.4, 0.5) is 0 Å². The van der Waals surface area contributed by atoms with Crippen LogP contribution in [-0.2, 0) is 6.54 Å². The maximum absolute atomic E-state index is 6.13. The zero-order valence-corrected chi connectivity index (χ0v) is 13.7. The van der Waals surface area contributed by atoms with Gasteiger partial charge in [0.2, 0.25) is 5.88 Å². The minimum absolute atomic E-state index is 0.419. The number of rotatable bonds is 5. The Bertz CT molecular complexity index is 590. The average molecular weight is 356 g/mol. The molecule has 2 aromatic rings. The summed E-state index contributed by atoms with van der Waals surface area (Å²) in [7, 11) is 0. The van der Waals surface area contributed by atoms with Crippen LogP contribution in [0.3, 0.4) is 0 Å². The first-order chi connectivity index (χ1) is 9.54. The van der Waals surface area contributed by atoms with Crippen molar-refractivity contribution in [1.29, 1.82) is 0 Å². The van der Waals surface area contributed by atoms with E-state index in [9.17, 15) is 0 Å². The molecule has 1 N–H and O–H groups in total. The molecule has 0 aliphatic carbocycles. The molecule has 3 nitrogen and oxygen atoms in total. The number of aromatic nitrogens is 1. The van der Waals surface area contributed by atoms with Gasteiger partial charge in [0.15, 0.2) is 0 Å². The standard InChI is InChI=1S/C15H16BrClN2O/c1-10(2)18-9-12-4-3-5-15(19-12)20-14-7-6-11(16)8-13(14)17/h3-8,10,18H,9H2,1-2H3. The van der Waals surface area contributed by atoms with E-state index in [2.05, 4.69) is 40.1 Å². The Morgan fingerprint density at radius 2 is 2.10 bits per heavy atom. The molecule has 106 valence electrons. The molecule has 0 atom stereocenters. The molecular formula is C15H16BrClN2O. The molecule has 0 aliphatic rings. The van der Waals surface area contributed by atoms with E-state index < -0.39 is 0 Å². The molecule has 1 heterocycles. The molecule has 0 aliphatic heterocycles. The van der Waals surface area contributed by atoms with Crippen LogP contribution in [0.5, 0.6) is 11.6 Å². The van der Waals surface area contributed by atoms with Gasteiger partial charge in [0.25, 0.3) is 0 Å². The van der Waals surface area contributed by atoms with Gasteiger partial charge in [-0.05, 0) is 24.3 Å². The summed E-state index contributed by atoms with van der Waals surface area (Å²) in [4.78, 5) is 4.45. The third kappa shape index (κ3) is 4.47. The van der Waals surface area contributed by atoms with E-state index in [0.29, 0.717) is 29.2 Å². The molecule has 1 aromatic carbocycles. The highest BCUT2D eigenvalue weighted by molar-refractivity contribution is 9.10. The van der Waals surface area contributed by atoms with Crippen LogP contribution in [0.2, 0.25) is 5.02 Å². The summed E-state index contributed by atoms with van der Waals surface area (Å²) >= 11 is 9.49. The lowest BCUT2D eigenvalue weighted by Crippen LogP contribution is -2.22. The number of hydrogen-bond donors (Lipinski definition) is 1. The topological polar surface area (TPSA) is 34.1 Å². The van der Waals surface area contributed by atoms with Gasteiger partial charge < -0.3 is 10.1 Å². The Labute approximate surface area is 132 Å². The fourth-order valence-corrected chi connectivity index (χ4v) is 2.30.